The minimum atomic E-state index is -0.746. The first-order valence-electron chi connectivity index (χ1n) is 9.18. The van der Waals surface area contributed by atoms with Gasteiger partial charge >= 0.3 is 5.97 Å². The SMILES string of the molecule is CCOC(=O)COc1ccc(CCN[C@@H](C)[C@@H](O)c2ccc(O)cc2)c(F)c1. The number of phenols is 1. The zero-order chi connectivity index (χ0) is 20.5. The molecule has 2 rings (SSSR count). The topological polar surface area (TPSA) is 88.0 Å². The molecule has 7 heteroatoms. The van der Waals surface area contributed by atoms with Crippen LogP contribution in [0.5, 0.6) is 11.5 Å². The summed E-state index contributed by atoms with van der Waals surface area (Å²) < 4.78 is 24.2. The number of nitrogens with one attached hydrogen (secondary N) is 1. The summed E-state index contributed by atoms with van der Waals surface area (Å²) in [7, 11) is 0. The fourth-order valence-corrected chi connectivity index (χ4v) is 2.67. The van der Waals surface area contributed by atoms with Crippen molar-refractivity contribution in [1.29, 1.82) is 0 Å². The molecule has 0 aromatic heterocycles. The van der Waals surface area contributed by atoms with Crippen molar-refractivity contribution in [2.75, 3.05) is 19.8 Å². The van der Waals surface area contributed by atoms with Gasteiger partial charge in [0.05, 0.1) is 12.7 Å². The predicted molar refractivity (Wildman–Crippen MR) is 103 cm³/mol. The number of carbonyl (C=O) groups excluding carboxylic acids is 1. The Balaban J connectivity index is 1.82. The largest absolute Gasteiger partial charge is 0.508 e. The van der Waals surface area contributed by atoms with Gasteiger partial charge in [-0.3, -0.25) is 0 Å². The standard InChI is InChI=1S/C21H26FNO5/c1-3-27-20(25)13-28-18-9-6-15(19(22)12-18)10-11-23-14(2)21(26)16-4-7-17(24)8-5-16/h4-9,12,14,21,23-24,26H,3,10-11,13H2,1-2H3/t14-,21+/m0/s1. The van der Waals surface area contributed by atoms with Crippen LogP contribution in [0.15, 0.2) is 42.5 Å². The van der Waals surface area contributed by atoms with Crippen molar-refractivity contribution >= 4 is 5.97 Å². The number of benzene rings is 2. The van der Waals surface area contributed by atoms with Crippen molar-refractivity contribution in [3.63, 3.8) is 0 Å². The number of rotatable bonds is 10. The van der Waals surface area contributed by atoms with E-state index in [1.54, 1.807) is 31.2 Å². The van der Waals surface area contributed by atoms with Gasteiger partial charge in [-0.05, 0) is 56.1 Å². The zero-order valence-corrected chi connectivity index (χ0v) is 16.0. The van der Waals surface area contributed by atoms with Crippen LogP contribution in [0, 0.1) is 5.82 Å². The summed E-state index contributed by atoms with van der Waals surface area (Å²) in [6.45, 7) is 4.00. The molecule has 0 aliphatic carbocycles. The molecule has 0 spiro atoms. The second-order valence-corrected chi connectivity index (χ2v) is 6.38. The normalized spacial score (nSPS) is 13.0. The summed E-state index contributed by atoms with van der Waals surface area (Å²) in [5, 5.41) is 22.8. The van der Waals surface area contributed by atoms with E-state index >= 15 is 0 Å². The Hall–Kier alpha value is -2.64. The van der Waals surface area contributed by atoms with E-state index in [1.807, 2.05) is 6.92 Å². The van der Waals surface area contributed by atoms with Gasteiger partial charge in [0, 0.05) is 12.1 Å². The molecule has 2 aromatic carbocycles. The number of ether oxygens (including phenoxy) is 2. The van der Waals surface area contributed by atoms with Gasteiger partial charge in [0.15, 0.2) is 6.61 Å². The fraction of sp³-hybridized carbons (Fsp3) is 0.381. The van der Waals surface area contributed by atoms with Crippen LogP contribution in [0.25, 0.3) is 0 Å². The highest BCUT2D eigenvalue weighted by atomic mass is 19.1. The maximum absolute atomic E-state index is 14.2. The van der Waals surface area contributed by atoms with Crippen molar-refractivity contribution in [2.45, 2.75) is 32.4 Å². The predicted octanol–water partition coefficient (Wildman–Crippen LogP) is 2.73. The number of hydrogen-bond acceptors (Lipinski definition) is 6. The third-order valence-corrected chi connectivity index (χ3v) is 4.26. The number of phenolic OH excluding ortho intramolecular Hbond substituents is 1. The van der Waals surface area contributed by atoms with E-state index in [4.69, 9.17) is 9.47 Å². The fourth-order valence-electron chi connectivity index (χ4n) is 2.67. The van der Waals surface area contributed by atoms with Gasteiger partial charge < -0.3 is 25.0 Å². The van der Waals surface area contributed by atoms with Gasteiger partial charge in [-0.15, -0.1) is 0 Å². The van der Waals surface area contributed by atoms with Crippen molar-refractivity contribution in [2.24, 2.45) is 0 Å². The van der Waals surface area contributed by atoms with Crippen LogP contribution < -0.4 is 10.1 Å². The first kappa shape index (κ1) is 21.7. The molecule has 28 heavy (non-hydrogen) atoms. The smallest absolute Gasteiger partial charge is 0.344 e. The van der Waals surface area contributed by atoms with Gasteiger partial charge in [-0.25, -0.2) is 9.18 Å². The van der Waals surface area contributed by atoms with Gasteiger partial charge in [0.1, 0.15) is 17.3 Å². The summed E-state index contributed by atoms with van der Waals surface area (Å²) in [6, 6.07) is 10.6. The van der Waals surface area contributed by atoms with Crippen LogP contribution in [-0.4, -0.2) is 42.0 Å². The van der Waals surface area contributed by atoms with Crippen LogP contribution in [0.1, 0.15) is 31.1 Å². The third kappa shape index (κ3) is 6.51. The molecule has 0 unspecified atom stereocenters. The first-order valence-corrected chi connectivity index (χ1v) is 9.18. The monoisotopic (exact) mass is 391 g/mol. The Labute approximate surface area is 163 Å². The molecule has 0 radical (unpaired) electrons. The molecular formula is C21H26FNO5. The maximum Gasteiger partial charge on any atom is 0.344 e. The highest BCUT2D eigenvalue weighted by Gasteiger charge is 2.16. The number of hydrogen-bond donors (Lipinski definition) is 3. The number of halogens is 1. The van der Waals surface area contributed by atoms with Gasteiger partial charge in [-0.1, -0.05) is 18.2 Å². The molecule has 2 atom stereocenters. The van der Waals surface area contributed by atoms with Crippen LogP contribution in [0.2, 0.25) is 0 Å². The van der Waals surface area contributed by atoms with E-state index < -0.39 is 17.9 Å². The molecule has 0 bridgehead atoms. The molecule has 6 nitrogen and oxygen atoms in total. The van der Waals surface area contributed by atoms with Crippen molar-refractivity contribution < 1.29 is 28.9 Å². The zero-order valence-electron chi connectivity index (χ0n) is 16.0. The van der Waals surface area contributed by atoms with E-state index in [9.17, 15) is 19.4 Å². The summed E-state index contributed by atoms with van der Waals surface area (Å²) in [5.41, 5.74) is 1.19. The molecule has 0 fully saturated rings. The maximum atomic E-state index is 14.2. The van der Waals surface area contributed by atoms with E-state index in [1.165, 1.54) is 18.2 Å². The molecule has 2 aromatic rings. The summed E-state index contributed by atoms with van der Waals surface area (Å²) in [6.07, 6.45) is -0.319. The molecular weight excluding hydrogens is 365 g/mol. The molecule has 0 saturated carbocycles. The lowest BCUT2D eigenvalue weighted by molar-refractivity contribution is -0.145. The molecule has 0 amide bonds. The highest BCUT2D eigenvalue weighted by Crippen LogP contribution is 2.20. The second kappa shape index (κ2) is 10.6. The summed E-state index contributed by atoms with van der Waals surface area (Å²) in [5.74, 6) is -0.521. The summed E-state index contributed by atoms with van der Waals surface area (Å²) in [4.78, 5) is 11.3. The Morgan fingerprint density at radius 1 is 1.21 bits per heavy atom. The lowest BCUT2D eigenvalue weighted by Gasteiger charge is -2.21. The number of aromatic hydroxyl groups is 1. The van der Waals surface area contributed by atoms with Gasteiger partial charge in [0.25, 0.3) is 0 Å². The van der Waals surface area contributed by atoms with Crippen LogP contribution in [-0.2, 0) is 16.0 Å². The lowest BCUT2D eigenvalue weighted by atomic mass is 10.0. The molecule has 0 heterocycles. The Kier molecular flexibility index (Phi) is 8.22. The summed E-state index contributed by atoms with van der Waals surface area (Å²) >= 11 is 0. The molecule has 3 N–H and O–H groups in total. The second-order valence-electron chi connectivity index (χ2n) is 6.38. The van der Waals surface area contributed by atoms with Crippen molar-refractivity contribution in [1.82, 2.24) is 5.32 Å². The van der Waals surface area contributed by atoms with Crippen LogP contribution >= 0.6 is 0 Å². The number of aliphatic hydroxyl groups is 1. The van der Waals surface area contributed by atoms with Crippen LogP contribution in [0.4, 0.5) is 4.39 Å². The minimum absolute atomic E-state index is 0.140. The molecule has 0 aliphatic rings. The van der Waals surface area contributed by atoms with E-state index in [-0.39, 0.29) is 30.8 Å². The number of carbonyl (C=O) groups is 1. The quantitative estimate of drug-likeness (QED) is 0.540. The average molecular weight is 391 g/mol. The van der Waals surface area contributed by atoms with Gasteiger partial charge in [0.2, 0.25) is 0 Å². The van der Waals surface area contributed by atoms with Crippen molar-refractivity contribution in [3.8, 4) is 11.5 Å². The Morgan fingerprint density at radius 3 is 2.57 bits per heavy atom. The minimum Gasteiger partial charge on any atom is -0.508 e. The third-order valence-electron chi connectivity index (χ3n) is 4.26. The van der Waals surface area contributed by atoms with Crippen LogP contribution in [0.3, 0.4) is 0 Å². The number of aliphatic hydroxyl groups excluding tert-OH is 1. The Bertz CT molecular complexity index is 766. The van der Waals surface area contributed by atoms with E-state index in [0.717, 1.165) is 0 Å². The lowest BCUT2D eigenvalue weighted by Crippen LogP contribution is -2.33. The highest BCUT2D eigenvalue weighted by molar-refractivity contribution is 5.71. The van der Waals surface area contributed by atoms with E-state index in [2.05, 4.69) is 5.32 Å². The molecule has 0 saturated heterocycles. The molecule has 0 aliphatic heterocycles. The van der Waals surface area contributed by atoms with Crippen molar-refractivity contribution in [3.05, 3.63) is 59.4 Å². The molecule has 152 valence electrons. The average Bonchev–Trinajstić information content (AvgIpc) is 2.68. The number of esters is 1. The first-order chi connectivity index (χ1) is 13.4. The van der Waals surface area contributed by atoms with E-state index in [0.29, 0.717) is 24.1 Å². The Morgan fingerprint density at radius 2 is 1.93 bits per heavy atom. The van der Waals surface area contributed by atoms with Gasteiger partial charge in [-0.2, -0.15) is 0 Å².